The highest BCUT2D eigenvalue weighted by Gasteiger charge is 2.44. The van der Waals surface area contributed by atoms with Crippen LogP contribution in [-0.4, -0.2) is 22.4 Å². The molecule has 3 atom stereocenters. The van der Waals surface area contributed by atoms with Crippen LogP contribution in [0.4, 0.5) is 10.1 Å². The van der Waals surface area contributed by atoms with Gasteiger partial charge >= 0.3 is 0 Å². The molecule has 1 aromatic heterocycles. The van der Waals surface area contributed by atoms with Crippen LogP contribution in [0.5, 0.6) is 0 Å². The first-order valence-electron chi connectivity index (χ1n) is 11.3. The minimum Gasteiger partial charge on any atom is -0.323 e. The number of halogens is 1. The molecule has 1 aliphatic heterocycles. The Morgan fingerprint density at radius 2 is 1.71 bits per heavy atom. The van der Waals surface area contributed by atoms with Crippen LogP contribution in [0.2, 0.25) is 0 Å². The zero-order chi connectivity index (χ0) is 23.7. The predicted octanol–water partition coefficient (Wildman–Crippen LogP) is 5.43. The van der Waals surface area contributed by atoms with E-state index in [-0.39, 0.29) is 17.4 Å². The number of hydrogen-bond donors (Lipinski definition) is 1. The van der Waals surface area contributed by atoms with E-state index < -0.39 is 23.6 Å². The number of aromatic nitrogens is 1. The first-order chi connectivity index (χ1) is 16.5. The van der Waals surface area contributed by atoms with Gasteiger partial charge < -0.3 is 5.32 Å². The number of rotatable bonds is 4. The summed E-state index contributed by atoms with van der Waals surface area (Å²) in [6.07, 6.45) is 4.33. The maximum Gasteiger partial charge on any atom is 0.234 e. The van der Waals surface area contributed by atoms with E-state index in [4.69, 9.17) is 4.99 Å². The third-order valence-corrected chi connectivity index (χ3v) is 6.62. The van der Waals surface area contributed by atoms with Crippen LogP contribution in [0, 0.1) is 11.7 Å². The largest absolute Gasteiger partial charge is 0.323 e. The number of pyridine rings is 1. The van der Waals surface area contributed by atoms with Crippen molar-refractivity contribution >= 4 is 23.1 Å². The Hall–Kier alpha value is -3.93. The molecule has 0 saturated heterocycles. The van der Waals surface area contributed by atoms with E-state index in [1.807, 2.05) is 36.4 Å². The first kappa shape index (κ1) is 21.9. The number of nitrogens with zero attached hydrogens (tertiary/aromatic N) is 2. The van der Waals surface area contributed by atoms with E-state index in [1.54, 1.807) is 37.5 Å². The molecule has 5 rings (SSSR count). The van der Waals surface area contributed by atoms with Gasteiger partial charge in [0.25, 0.3) is 0 Å². The van der Waals surface area contributed by atoms with Crippen LogP contribution < -0.4 is 5.32 Å². The zero-order valence-electron chi connectivity index (χ0n) is 18.7. The molecule has 3 aromatic rings. The molecule has 170 valence electrons. The smallest absolute Gasteiger partial charge is 0.234 e. The Balaban J connectivity index is 1.55. The molecule has 0 fully saturated rings. The predicted molar refractivity (Wildman–Crippen MR) is 129 cm³/mol. The Bertz CT molecular complexity index is 1300. The number of carbonyl (C=O) groups excluding carboxylic acids is 2. The van der Waals surface area contributed by atoms with Crippen LogP contribution in [0.1, 0.15) is 42.7 Å². The summed E-state index contributed by atoms with van der Waals surface area (Å²) in [6.45, 7) is 1.80. The molecular formula is C28H24FN3O2. The summed E-state index contributed by atoms with van der Waals surface area (Å²) in [7, 11) is 0. The van der Waals surface area contributed by atoms with Crippen molar-refractivity contribution in [3.63, 3.8) is 0 Å². The van der Waals surface area contributed by atoms with Gasteiger partial charge in [-0.15, -0.1) is 0 Å². The normalized spacial score (nSPS) is 22.1. The van der Waals surface area contributed by atoms with Crippen molar-refractivity contribution in [2.75, 3.05) is 5.32 Å². The molecule has 6 heteroatoms. The number of para-hydroxylation sites is 1. The standard InChI is InChI=1S/C28H24FN3O2/c1-17-25(28(34)32-22-12-6-5-11-21(22)29)26(19-10-7-13-30-16-19)27-23(31-17)14-20(15-24(27)33)18-8-3-2-4-9-18/h2-13,16,20,25-26H,14-15H2,1H3,(H,32,34)/t20-,25?,26+/m1/s1. The molecule has 2 aromatic carbocycles. The number of hydrogen-bond acceptors (Lipinski definition) is 4. The molecule has 2 heterocycles. The first-order valence-corrected chi connectivity index (χ1v) is 11.3. The van der Waals surface area contributed by atoms with Gasteiger partial charge in [0.1, 0.15) is 5.82 Å². The molecule has 0 spiro atoms. The van der Waals surface area contributed by atoms with E-state index in [0.717, 1.165) is 16.8 Å². The Kier molecular flexibility index (Phi) is 5.88. The minimum atomic E-state index is -0.750. The van der Waals surface area contributed by atoms with Crippen molar-refractivity contribution in [3.05, 3.63) is 107 Å². The topological polar surface area (TPSA) is 71.4 Å². The molecule has 0 bridgehead atoms. The number of Topliss-reactive ketones (excluding diaryl/α,β-unsaturated/α-hetero) is 1. The maximum absolute atomic E-state index is 14.3. The number of allylic oxidation sites excluding steroid dienone is 2. The Morgan fingerprint density at radius 1 is 0.971 bits per heavy atom. The highest BCUT2D eigenvalue weighted by molar-refractivity contribution is 6.13. The lowest BCUT2D eigenvalue weighted by Gasteiger charge is -2.36. The summed E-state index contributed by atoms with van der Waals surface area (Å²) < 4.78 is 14.3. The third kappa shape index (κ3) is 4.07. The molecule has 0 saturated carbocycles. The number of aliphatic imine (C=N–C) groups is 1. The lowest BCUT2D eigenvalue weighted by atomic mass is 9.69. The van der Waals surface area contributed by atoms with Gasteiger partial charge in [-0.1, -0.05) is 48.5 Å². The minimum absolute atomic E-state index is 0.0103. The number of nitrogens with one attached hydrogen (secondary N) is 1. The number of amides is 1. The molecule has 1 amide bonds. The zero-order valence-corrected chi connectivity index (χ0v) is 18.7. The number of ketones is 1. The highest BCUT2D eigenvalue weighted by atomic mass is 19.1. The molecule has 1 N–H and O–H groups in total. The van der Waals surface area contributed by atoms with E-state index >= 15 is 0 Å². The fourth-order valence-corrected chi connectivity index (χ4v) is 5.05. The quantitative estimate of drug-likeness (QED) is 0.572. The van der Waals surface area contributed by atoms with Crippen LogP contribution >= 0.6 is 0 Å². The van der Waals surface area contributed by atoms with Gasteiger partial charge in [-0.3, -0.25) is 19.6 Å². The summed E-state index contributed by atoms with van der Waals surface area (Å²) in [6, 6.07) is 19.7. The summed E-state index contributed by atoms with van der Waals surface area (Å²) in [5.41, 5.74) is 3.87. The van der Waals surface area contributed by atoms with Gasteiger partial charge in [0.15, 0.2) is 5.78 Å². The summed E-state index contributed by atoms with van der Waals surface area (Å²) in [5.74, 6) is -2.16. The van der Waals surface area contributed by atoms with Gasteiger partial charge in [0.05, 0.1) is 11.6 Å². The summed E-state index contributed by atoms with van der Waals surface area (Å²) >= 11 is 0. The molecule has 5 nitrogen and oxygen atoms in total. The van der Waals surface area contributed by atoms with E-state index in [1.165, 1.54) is 12.1 Å². The Morgan fingerprint density at radius 3 is 2.44 bits per heavy atom. The molecular weight excluding hydrogens is 429 g/mol. The lowest BCUT2D eigenvalue weighted by Crippen LogP contribution is -2.40. The van der Waals surface area contributed by atoms with Gasteiger partial charge in [0.2, 0.25) is 5.91 Å². The van der Waals surface area contributed by atoms with Gasteiger partial charge in [-0.25, -0.2) is 4.39 Å². The van der Waals surface area contributed by atoms with Crippen molar-refractivity contribution in [1.82, 2.24) is 4.98 Å². The van der Waals surface area contributed by atoms with E-state index in [9.17, 15) is 14.0 Å². The second-order valence-corrected chi connectivity index (χ2v) is 8.76. The molecule has 1 unspecified atom stereocenters. The van der Waals surface area contributed by atoms with Crippen molar-refractivity contribution in [1.29, 1.82) is 0 Å². The molecule has 1 aliphatic carbocycles. The monoisotopic (exact) mass is 453 g/mol. The SMILES string of the molecule is CC1=NC2=C(C(=O)C[C@H](c3ccccc3)C2)[C@@H](c2cccnc2)C1C(=O)Nc1ccccc1F. The van der Waals surface area contributed by atoms with Crippen LogP contribution in [0.15, 0.2) is 95.4 Å². The number of anilines is 1. The molecule has 34 heavy (non-hydrogen) atoms. The average molecular weight is 454 g/mol. The third-order valence-electron chi connectivity index (χ3n) is 6.62. The van der Waals surface area contributed by atoms with Crippen LogP contribution in [0.25, 0.3) is 0 Å². The highest BCUT2D eigenvalue weighted by Crippen LogP contribution is 2.46. The van der Waals surface area contributed by atoms with Crippen molar-refractivity contribution in [2.24, 2.45) is 10.9 Å². The number of benzene rings is 2. The van der Waals surface area contributed by atoms with E-state index in [0.29, 0.717) is 24.1 Å². The van der Waals surface area contributed by atoms with Gasteiger partial charge in [0, 0.05) is 41.7 Å². The average Bonchev–Trinajstić information content (AvgIpc) is 2.85. The van der Waals surface area contributed by atoms with Crippen molar-refractivity contribution in [2.45, 2.75) is 31.6 Å². The van der Waals surface area contributed by atoms with Crippen molar-refractivity contribution < 1.29 is 14.0 Å². The maximum atomic E-state index is 14.3. The summed E-state index contributed by atoms with van der Waals surface area (Å²) in [4.78, 5) is 36.0. The van der Waals surface area contributed by atoms with Crippen LogP contribution in [0.3, 0.4) is 0 Å². The van der Waals surface area contributed by atoms with Gasteiger partial charge in [-0.2, -0.15) is 0 Å². The fraction of sp³-hybridized carbons (Fsp3) is 0.214. The van der Waals surface area contributed by atoms with Crippen LogP contribution in [-0.2, 0) is 9.59 Å². The molecule has 0 radical (unpaired) electrons. The number of carbonyl (C=O) groups is 2. The van der Waals surface area contributed by atoms with Gasteiger partial charge in [-0.05, 0) is 48.6 Å². The Labute approximate surface area is 197 Å². The molecule has 2 aliphatic rings. The second kappa shape index (κ2) is 9.14. The second-order valence-electron chi connectivity index (χ2n) is 8.76. The summed E-state index contributed by atoms with van der Waals surface area (Å²) in [5, 5.41) is 2.71. The fourth-order valence-electron chi connectivity index (χ4n) is 5.05. The lowest BCUT2D eigenvalue weighted by molar-refractivity contribution is -0.119. The van der Waals surface area contributed by atoms with E-state index in [2.05, 4.69) is 10.3 Å². The van der Waals surface area contributed by atoms with Crippen molar-refractivity contribution in [3.8, 4) is 0 Å².